The van der Waals surface area contributed by atoms with E-state index in [1.165, 1.54) is 19.1 Å². The molecular formula is C16H12ClF3N2O2. The van der Waals surface area contributed by atoms with Gasteiger partial charge in [-0.2, -0.15) is 0 Å². The molecule has 2 aromatic carbocycles. The van der Waals surface area contributed by atoms with Crippen molar-refractivity contribution in [1.29, 1.82) is 0 Å². The monoisotopic (exact) mass is 356 g/mol. The maximum absolute atomic E-state index is 13.6. The van der Waals surface area contributed by atoms with E-state index < -0.39 is 41.5 Å². The maximum Gasteiger partial charge on any atom is 0.244 e. The van der Waals surface area contributed by atoms with Crippen molar-refractivity contribution in [3.8, 4) is 0 Å². The van der Waals surface area contributed by atoms with Gasteiger partial charge in [-0.15, -0.1) is 0 Å². The molecule has 2 amide bonds. The molecule has 0 bridgehead atoms. The largest absolute Gasteiger partial charge is 0.322 e. The fraction of sp³-hybridized carbons (Fsp3) is 0.125. The molecule has 24 heavy (non-hydrogen) atoms. The summed E-state index contributed by atoms with van der Waals surface area (Å²) < 4.78 is 39.6. The lowest BCUT2D eigenvalue weighted by Gasteiger charge is -2.20. The summed E-state index contributed by atoms with van der Waals surface area (Å²) in [6, 6.07) is 7.74. The smallest absolute Gasteiger partial charge is 0.244 e. The summed E-state index contributed by atoms with van der Waals surface area (Å²) in [6.45, 7) is 0.815. The van der Waals surface area contributed by atoms with Crippen molar-refractivity contribution in [3.05, 3.63) is 58.9 Å². The molecule has 0 spiro atoms. The summed E-state index contributed by atoms with van der Waals surface area (Å²) >= 11 is 5.76. The minimum atomic E-state index is -1.69. The SMILES string of the molecule is CC(=O)N(CC(=O)Nc1ccc(F)c(F)c1F)c1ccc(Cl)cc1. The number of anilines is 2. The molecule has 0 saturated heterocycles. The maximum atomic E-state index is 13.6. The molecule has 0 saturated carbocycles. The van der Waals surface area contributed by atoms with Crippen LogP contribution < -0.4 is 10.2 Å². The van der Waals surface area contributed by atoms with Gasteiger partial charge in [0.25, 0.3) is 0 Å². The standard InChI is InChI=1S/C16H12ClF3N2O2/c1-9(23)22(11-4-2-10(17)3-5-11)8-14(24)21-13-7-6-12(18)15(19)16(13)20/h2-7H,8H2,1H3,(H,21,24). The Hall–Kier alpha value is -2.54. The van der Waals surface area contributed by atoms with Crippen LogP contribution in [0.4, 0.5) is 24.5 Å². The molecule has 0 heterocycles. The molecule has 0 atom stereocenters. The lowest BCUT2D eigenvalue weighted by Crippen LogP contribution is -2.36. The van der Waals surface area contributed by atoms with Crippen LogP contribution in [-0.4, -0.2) is 18.4 Å². The third kappa shape index (κ3) is 4.05. The Balaban J connectivity index is 2.16. The van der Waals surface area contributed by atoms with Gasteiger partial charge in [-0.05, 0) is 36.4 Å². The van der Waals surface area contributed by atoms with Gasteiger partial charge in [-0.25, -0.2) is 13.2 Å². The van der Waals surface area contributed by atoms with E-state index in [9.17, 15) is 22.8 Å². The minimum absolute atomic E-state index is 0.410. The summed E-state index contributed by atoms with van der Waals surface area (Å²) in [6.07, 6.45) is 0. The number of carbonyl (C=O) groups excluding carboxylic acids is 2. The molecule has 2 rings (SSSR count). The van der Waals surface area contributed by atoms with E-state index in [1.807, 2.05) is 0 Å². The highest BCUT2D eigenvalue weighted by Gasteiger charge is 2.19. The minimum Gasteiger partial charge on any atom is -0.322 e. The molecule has 1 N–H and O–H groups in total. The molecule has 0 aliphatic heterocycles. The van der Waals surface area contributed by atoms with Crippen LogP contribution in [0.15, 0.2) is 36.4 Å². The lowest BCUT2D eigenvalue weighted by molar-refractivity contribution is -0.120. The number of halogens is 4. The molecular weight excluding hydrogens is 345 g/mol. The van der Waals surface area contributed by atoms with Gasteiger partial charge in [-0.1, -0.05) is 11.6 Å². The van der Waals surface area contributed by atoms with E-state index in [0.717, 1.165) is 11.0 Å². The Morgan fingerprint density at radius 2 is 1.67 bits per heavy atom. The van der Waals surface area contributed by atoms with Gasteiger partial charge in [0.15, 0.2) is 17.5 Å². The first kappa shape index (κ1) is 17.8. The third-order valence-corrected chi connectivity index (χ3v) is 3.38. The number of carbonyl (C=O) groups is 2. The molecule has 0 aliphatic rings. The van der Waals surface area contributed by atoms with Crippen molar-refractivity contribution in [3.63, 3.8) is 0 Å². The summed E-state index contributed by atoms with van der Waals surface area (Å²) in [5.41, 5.74) is -0.105. The van der Waals surface area contributed by atoms with E-state index in [0.29, 0.717) is 16.8 Å². The summed E-state index contributed by atoms with van der Waals surface area (Å²) in [4.78, 5) is 24.8. The number of benzene rings is 2. The van der Waals surface area contributed by atoms with Crippen molar-refractivity contribution in [2.24, 2.45) is 0 Å². The summed E-state index contributed by atoms with van der Waals surface area (Å²) in [7, 11) is 0. The second kappa shape index (κ2) is 7.35. The van der Waals surface area contributed by atoms with Crippen molar-refractivity contribution < 1.29 is 22.8 Å². The Morgan fingerprint density at radius 1 is 1.04 bits per heavy atom. The predicted molar refractivity (Wildman–Crippen MR) is 84.4 cm³/mol. The van der Waals surface area contributed by atoms with Gasteiger partial charge in [0.05, 0.1) is 5.69 Å². The predicted octanol–water partition coefficient (Wildman–Crippen LogP) is 3.75. The van der Waals surface area contributed by atoms with Crippen LogP contribution in [0, 0.1) is 17.5 Å². The third-order valence-electron chi connectivity index (χ3n) is 3.13. The van der Waals surface area contributed by atoms with Gasteiger partial charge in [0.1, 0.15) is 6.54 Å². The molecule has 0 aromatic heterocycles. The van der Waals surface area contributed by atoms with Crippen LogP contribution in [0.3, 0.4) is 0 Å². The zero-order chi connectivity index (χ0) is 17.9. The number of hydrogen-bond donors (Lipinski definition) is 1. The second-order valence-corrected chi connectivity index (χ2v) is 5.29. The summed E-state index contributed by atoms with van der Waals surface area (Å²) in [5, 5.41) is 2.56. The Bertz CT molecular complexity index is 782. The van der Waals surface area contributed by atoms with Gasteiger partial charge >= 0.3 is 0 Å². The van der Waals surface area contributed by atoms with Crippen LogP contribution in [0.5, 0.6) is 0 Å². The van der Waals surface area contributed by atoms with E-state index in [-0.39, 0.29) is 0 Å². The number of rotatable bonds is 4. The number of nitrogens with one attached hydrogen (secondary N) is 1. The number of nitrogens with zero attached hydrogens (tertiary/aromatic N) is 1. The zero-order valence-electron chi connectivity index (χ0n) is 12.4. The van der Waals surface area contributed by atoms with Crippen LogP contribution >= 0.6 is 11.6 Å². The fourth-order valence-corrected chi connectivity index (χ4v) is 2.09. The Morgan fingerprint density at radius 3 is 2.25 bits per heavy atom. The van der Waals surface area contributed by atoms with Crippen LogP contribution in [0.1, 0.15) is 6.92 Å². The second-order valence-electron chi connectivity index (χ2n) is 4.85. The van der Waals surface area contributed by atoms with Crippen LogP contribution in [-0.2, 0) is 9.59 Å². The normalized spacial score (nSPS) is 10.4. The van der Waals surface area contributed by atoms with Crippen molar-refractivity contribution in [2.45, 2.75) is 6.92 Å². The highest BCUT2D eigenvalue weighted by Crippen LogP contribution is 2.21. The van der Waals surface area contributed by atoms with Gasteiger partial charge in [0, 0.05) is 17.6 Å². The molecule has 126 valence electrons. The van der Waals surface area contributed by atoms with Crippen molar-refractivity contribution >= 4 is 34.8 Å². The molecule has 8 heteroatoms. The average molecular weight is 357 g/mol. The Kier molecular flexibility index (Phi) is 5.46. The van der Waals surface area contributed by atoms with Gasteiger partial charge in [-0.3, -0.25) is 9.59 Å². The molecule has 0 fully saturated rings. The first-order valence-corrected chi connectivity index (χ1v) is 7.14. The van der Waals surface area contributed by atoms with E-state index in [4.69, 9.17) is 11.6 Å². The zero-order valence-corrected chi connectivity index (χ0v) is 13.2. The fourth-order valence-electron chi connectivity index (χ4n) is 1.96. The van der Waals surface area contributed by atoms with Crippen LogP contribution in [0.25, 0.3) is 0 Å². The van der Waals surface area contributed by atoms with Crippen molar-refractivity contribution in [2.75, 3.05) is 16.8 Å². The lowest BCUT2D eigenvalue weighted by atomic mass is 10.2. The molecule has 0 radical (unpaired) electrons. The van der Waals surface area contributed by atoms with Gasteiger partial charge in [0.2, 0.25) is 11.8 Å². The highest BCUT2D eigenvalue weighted by molar-refractivity contribution is 6.30. The van der Waals surface area contributed by atoms with E-state index in [1.54, 1.807) is 12.1 Å². The van der Waals surface area contributed by atoms with E-state index in [2.05, 4.69) is 5.32 Å². The molecule has 0 aliphatic carbocycles. The topological polar surface area (TPSA) is 49.4 Å². The number of amides is 2. The number of hydrogen-bond acceptors (Lipinski definition) is 2. The molecule has 2 aromatic rings. The Labute approximate surface area is 140 Å². The van der Waals surface area contributed by atoms with Crippen LogP contribution in [0.2, 0.25) is 5.02 Å². The quantitative estimate of drug-likeness (QED) is 0.848. The first-order valence-electron chi connectivity index (χ1n) is 6.76. The van der Waals surface area contributed by atoms with E-state index >= 15 is 0 Å². The average Bonchev–Trinajstić information content (AvgIpc) is 2.54. The molecule has 0 unspecified atom stereocenters. The highest BCUT2D eigenvalue weighted by atomic mass is 35.5. The van der Waals surface area contributed by atoms with Crippen molar-refractivity contribution in [1.82, 2.24) is 0 Å². The first-order chi connectivity index (χ1) is 11.3. The van der Waals surface area contributed by atoms with Gasteiger partial charge < -0.3 is 10.2 Å². The molecule has 4 nitrogen and oxygen atoms in total. The summed E-state index contributed by atoms with van der Waals surface area (Å²) in [5.74, 6) is -5.77.